The minimum Gasteiger partial charge on any atom is -0.870 e. The number of piperazine rings is 2. The van der Waals surface area contributed by atoms with Gasteiger partial charge in [0.2, 0.25) is 0 Å². The third kappa shape index (κ3) is 12.0. The number of carboxylic acid groups (broad SMARTS) is 1. The molecule has 8 rings (SSSR count). The molecule has 0 amide bonds. The molecule has 2 unspecified atom stereocenters. The number of carboxylic acids is 1. The molecule has 2 saturated heterocycles. The Morgan fingerprint density at radius 3 is 1.43 bits per heavy atom. The summed E-state index contributed by atoms with van der Waals surface area (Å²) in [6.07, 6.45) is 7.36. The van der Waals surface area contributed by atoms with Gasteiger partial charge >= 0.3 is 24.8 Å². The fourth-order valence-electron chi connectivity index (χ4n) is 8.47. The molecule has 3 N–H and O–H groups in total. The maximum Gasteiger partial charge on any atom is 1.00 e. The SMILES string of the molecule is C[C@H](c1ccc(C#N)cc1)n1cncc1CN1CCN(c2ccccc2)C(C(=O)CO)C1.C[C@H](c1ccc(C#N)cc1)n1cncc1CN1CCN(c2ccccc2)C(C(=O)O)C1.[Li+].[OH-]. The molecule has 4 heterocycles. The zero-order chi connectivity index (χ0) is 44.3. The van der Waals surface area contributed by atoms with Crippen LogP contribution in [0.15, 0.2) is 134 Å². The van der Waals surface area contributed by atoms with Gasteiger partial charge < -0.3 is 34.6 Å². The normalized spacial score (nSPS) is 17.2. The number of aliphatic carboxylic acids is 1. The van der Waals surface area contributed by atoms with Crippen LogP contribution < -0.4 is 28.7 Å². The van der Waals surface area contributed by atoms with Gasteiger partial charge in [0.05, 0.1) is 59.4 Å². The number of Topliss-reactive ketones (excluding diaryl/α,β-unsaturated/α-hetero) is 1. The number of nitrogens with zero attached hydrogens (tertiary/aromatic N) is 10. The molecule has 2 aliphatic heterocycles. The molecule has 16 heteroatoms. The van der Waals surface area contributed by atoms with E-state index in [4.69, 9.17) is 10.5 Å². The second-order valence-corrected chi connectivity index (χ2v) is 15.9. The van der Waals surface area contributed by atoms with Gasteiger partial charge in [-0.2, -0.15) is 10.5 Å². The Bertz CT molecular complexity index is 2520. The number of aliphatic hydroxyl groups is 1. The van der Waals surface area contributed by atoms with Gasteiger partial charge in [-0.15, -0.1) is 0 Å². The fraction of sp³-hybridized carbons (Fsp3) is 0.306. The number of nitriles is 2. The molecule has 2 aliphatic rings. The van der Waals surface area contributed by atoms with E-state index < -0.39 is 18.6 Å². The Morgan fingerprint density at radius 1 is 0.646 bits per heavy atom. The quantitative estimate of drug-likeness (QED) is 0.161. The van der Waals surface area contributed by atoms with Gasteiger partial charge in [0, 0.05) is 76.1 Å². The van der Waals surface area contributed by atoms with Crippen molar-refractivity contribution in [2.75, 3.05) is 55.7 Å². The Kier molecular flexibility index (Phi) is 17.8. The molecule has 0 aliphatic carbocycles. The van der Waals surface area contributed by atoms with E-state index in [1.165, 1.54) is 0 Å². The maximum absolute atomic E-state index is 12.6. The fourth-order valence-corrected chi connectivity index (χ4v) is 8.47. The van der Waals surface area contributed by atoms with Gasteiger partial charge in [-0.25, -0.2) is 14.8 Å². The number of anilines is 2. The summed E-state index contributed by atoms with van der Waals surface area (Å²) in [5.74, 6) is -0.981. The number of aromatic nitrogens is 4. The van der Waals surface area contributed by atoms with E-state index in [1.807, 2.05) is 139 Å². The summed E-state index contributed by atoms with van der Waals surface area (Å²) in [4.78, 5) is 41.7. The van der Waals surface area contributed by atoms with Crippen LogP contribution in [0, 0.1) is 22.7 Å². The topological polar surface area (TPSA) is 201 Å². The van der Waals surface area contributed by atoms with E-state index in [0.29, 0.717) is 50.4 Å². The van der Waals surface area contributed by atoms with E-state index in [0.717, 1.165) is 47.0 Å². The van der Waals surface area contributed by atoms with E-state index in [-0.39, 0.29) is 48.2 Å². The number of hydrogen-bond acceptors (Lipinski definition) is 12. The number of hydrogen-bond donors (Lipinski definition) is 2. The molecule has 2 aromatic heterocycles. The molecular weight excluding hydrogens is 816 g/mol. The summed E-state index contributed by atoms with van der Waals surface area (Å²) in [6, 6.07) is 38.2. The third-order valence-electron chi connectivity index (χ3n) is 12.1. The second kappa shape index (κ2) is 23.4. The van der Waals surface area contributed by atoms with Crippen molar-refractivity contribution in [3.8, 4) is 12.1 Å². The van der Waals surface area contributed by atoms with Gasteiger partial charge in [0.1, 0.15) is 18.7 Å². The molecule has 0 saturated carbocycles. The zero-order valence-corrected chi connectivity index (χ0v) is 37.0. The third-order valence-corrected chi connectivity index (χ3v) is 12.1. The van der Waals surface area contributed by atoms with Crippen molar-refractivity contribution in [3.05, 3.63) is 168 Å². The Balaban J connectivity index is 0.000000237. The number of aliphatic hydroxyl groups excluding tert-OH is 1. The first-order valence-electron chi connectivity index (χ1n) is 21.1. The van der Waals surface area contributed by atoms with Crippen molar-refractivity contribution in [3.63, 3.8) is 0 Å². The number of carbonyl (C=O) groups excluding carboxylic acids is 1. The largest absolute Gasteiger partial charge is 1.00 e. The minimum atomic E-state index is -0.812. The summed E-state index contributed by atoms with van der Waals surface area (Å²) in [5, 5.41) is 37.4. The Hall–Kier alpha value is -6.54. The maximum atomic E-state index is 12.6. The first kappa shape index (κ1) is 49.5. The van der Waals surface area contributed by atoms with Crippen molar-refractivity contribution in [1.29, 1.82) is 10.5 Å². The average molecular weight is 869 g/mol. The van der Waals surface area contributed by atoms with Crippen LogP contribution in [0.1, 0.15) is 59.6 Å². The molecular formula is C49H53LiN10O5. The van der Waals surface area contributed by atoms with E-state index in [9.17, 15) is 19.8 Å². The van der Waals surface area contributed by atoms with Gasteiger partial charge in [0.15, 0.2) is 5.78 Å². The van der Waals surface area contributed by atoms with E-state index in [1.54, 1.807) is 0 Å². The number of ketones is 1. The van der Waals surface area contributed by atoms with Gasteiger partial charge in [-0.3, -0.25) is 14.6 Å². The van der Waals surface area contributed by atoms with Crippen LogP contribution in [0.3, 0.4) is 0 Å². The molecule has 6 aromatic rings. The zero-order valence-electron chi connectivity index (χ0n) is 37.0. The van der Waals surface area contributed by atoms with Crippen molar-refractivity contribution in [1.82, 2.24) is 28.9 Å². The van der Waals surface area contributed by atoms with Crippen LogP contribution in [0.25, 0.3) is 0 Å². The van der Waals surface area contributed by atoms with Crippen molar-refractivity contribution < 1.29 is 44.1 Å². The molecule has 0 spiro atoms. The van der Waals surface area contributed by atoms with E-state index in [2.05, 4.69) is 59.8 Å². The van der Waals surface area contributed by atoms with Crippen molar-refractivity contribution >= 4 is 23.1 Å². The number of rotatable bonds is 13. The predicted octanol–water partition coefficient (Wildman–Crippen LogP) is 2.58. The Morgan fingerprint density at radius 2 is 1.05 bits per heavy atom. The predicted molar refractivity (Wildman–Crippen MR) is 242 cm³/mol. The molecule has 65 heavy (non-hydrogen) atoms. The second-order valence-electron chi connectivity index (χ2n) is 15.9. The molecule has 4 aromatic carbocycles. The summed E-state index contributed by atoms with van der Waals surface area (Å²) in [6.45, 7) is 8.97. The van der Waals surface area contributed by atoms with Crippen LogP contribution in [0.4, 0.5) is 11.4 Å². The standard InChI is InChI=1S/C25H27N5O2.C24H25N5O2.Li.H2O/c1-19(21-9-7-20(13-26)8-10-21)30-18-27-14-23(30)15-28-11-12-29(22-5-3-2-4-6-22)24(16-28)25(32)17-31;1-18(20-9-7-19(13-25)8-10-20)29-17-26-14-22(29)15-27-11-12-28(23(16-27)24(30)31)21-5-3-2-4-6-21;;/h2-10,14,18-19,24,31H,11-12,15-17H2,1H3;2-10,14,17-18,23H,11-12,15-16H2,1H3,(H,30,31);;1H2/q;;+1;/p-1/t19-,24?;18-,23?;;/m11../s1. The summed E-state index contributed by atoms with van der Waals surface area (Å²) < 4.78 is 4.24. The first-order valence-corrected chi connectivity index (χ1v) is 21.1. The molecule has 15 nitrogen and oxygen atoms in total. The van der Waals surface area contributed by atoms with Crippen LogP contribution in [0.2, 0.25) is 0 Å². The van der Waals surface area contributed by atoms with Gasteiger partial charge in [0.25, 0.3) is 0 Å². The molecule has 330 valence electrons. The molecule has 0 radical (unpaired) electrons. The van der Waals surface area contributed by atoms with Gasteiger partial charge in [-0.05, 0) is 73.5 Å². The van der Waals surface area contributed by atoms with Crippen LogP contribution in [-0.4, -0.2) is 114 Å². The Labute approximate surface area is 391 Å². The monoisotopic (exact) mass is 868 g/mol. The van der Waals surface area contributed by atoms with Crippen LogP contribution in [0.5, 0.6) is 0 Å². The number of para-hydroxylation sites is 2. The van der Waals surface area contributed by atoms with Crippen LogP contribution in [-0.2, 0) is 22.7 Å². The van der Waals surface area contributed by atoms with Crippen molar-refractivity contribution in [2.24, 2.45) is 0 Å². The van der Waals surface area contributed by atoms with E-state index >= 15 is 0 Å². The van der Waals surface area contributed by atoms with Gasteiger partial charge in [-0.1, -0.05) is 60.7 Å². The number of benzene rings is 4. The van der Waals surface area contributed by atoms with Crippen LogP contribution >= 0.6 is 0 Å². The summed E-state index contributed by atoms with van der Waals surface area (Å²) in [5.41, 5.74) is 7.51. The average Bonchev–Trinajstić information content (AvgIpc) is 4.01. The number of imidazole rings is 2. The minimum absolute atomic E-state index is 0. The number of carbonyl (C=O) groups is 2. The molecule has 2 fully saturated rings. The summed E-state index contributed by atoms with van der Waals surface area (Å²) in [7, 11) is 0. The smallest absolute Gasteiger partial charge is 0.870 e. The molecule has 0 bridgehead atoms. The summed E-state index contributed by atoms with van der Waals surface area (Å²) >= 11 is 0. The van der Waals surface area contributed by atoms with Crippen molar-refractivity contribution in [2.45, 2.75) is 51.1 Å². The first-order chi connectivity index (χ1) is 30.7. The molecule has 4 atom stereocenters.